The summed E-state index contributed by atoms with van der Waals surface area (Å²) >= 11 is 6.01. The van der Waals surface area contributed by atoms with E-state index in [1.54, 1.807) is 24.3 Å². The second-order valence-electron chi connectivity index (χ2n) is 5.82. The lowest BCUT2D eigenvalue weighted by Crippen LogP contribution is -2.50. The minimum Gasteiger partial charge on any atom is -0.393 e. The molecule has 0 aliphatic rings. The molecule has 0 saturated carbocycles. The lowest BCUT2D eigenvalue weighted by atomic mass is 10.0. The van der Waals surface area contributed by atoms with Crippen LogP contribution in [0.5, 0.6) is 0 Å². The molecule has 3 N–H and O–H groups in total. The topological polar surface area (TPSA) is 78.4 Å². The van der Waals surface area contributed by atoms with E-state index in [1.807, 2.05) is 20.8 Å². The number of rotatable bonds is 8. The van der Waals surface area contributed by atoms with Gasteiger partial charge in [-0.25, -0.2) is 0 Å². The Kier molecular flexibility index (Phi) is 8.06. The van der Waals surface area contributed by atoms with Gasteiger partial charge >= 0.3 is 0 Å². The molecule has 0 aliphatic carbocycles. The average Bonchev–Trinajstić information content (AvgIpc) is 2.52. The number of carbonyl (C=O) groups excluding carboxylic acids is 2. The van der Waals surface area contributed by atoms with Crippen LogP contribution in [0, 0.1) is 5.92 Å². The summed E-state index contributed by atoms with van der Waals surface area (Å²) in [7, 11) is 0. The van der Waals surface area contributed by atoms with Crippen molar-refractivity contribution in [3.05, 3.63) is 34.9 Å². The van der Waals surface area contributed by atoms with E-state index in [-0.39, 0.29) is 17.7 Å². The van der Waals surface area contributed by atoms with E-state index in [2.05, 4.69) is 10.6 Å². The Morgan fingerprint density at radius 2 is 1.91 bits per heavy atom. The van der Waals surface area contributed by atoms with E-state index in [4.69, 9.17) is 11.6 Å². The Bertz CT molecular complexity index is 534. The van der Waals surface area contributed by atoms with Crippen LogP contribution in [-0.4, -0.2) is 35.6 Å². The fraction of sp³-hybridized carbons (Fsp3) is 0.529. The normalized spacial score (nSPS) is 13.5. The van der Waals surface area contributed by atoms with Gasteiger partial charge in [0.05, 0.1) is 16.7 Å². The van der Waals surface area contributed by atoms with Crippen molar-refractivity contribution in [1.82, 2.24) is 10.6 Å². The van der Waals surface area contributed by atoms with Gasteiger partial charge in [0.25, 0.3) is 5.91 Å². The zero-order chi connectivity index (χ0) is 17.4. The molecule has 0 heterocycles. The van der Waals surface area contributed by atoms with Crippen LogP contribution in [0.2, 0.25) is 5.02 Å². The molecule has 1 rings (SSSR count). The first-order valence-corrected chi connectivity index (χ1v) is 8.25. The van der Waals surface area contributed by atoms with Crippen molar-refractivity contribution in [1.29, 1.82) is 0 Å². The number of hydrogen-bond acceptors (Lipinski definition) is 3. The Balaban J connectivity index is 2.66. The summed E-state index contributed by atoms with van der Waals surface area (Å²) in [5, 5.41) is 15.3. The number of benzene rings is 1. The third-order valence-electron chi connectivity index (χ3n) is 3.60. The molecule has 0 fully saturated rings. The molecule has 2 atom stereocenters. The maximum absolute atomic E-state index is 12.3. The summed E-state index contributed by atoms with van der Waals surface area (Å²) in [5.41, 5.74) is 0.342. The summed E-state index contributed by atoms with van der Waals surface area (Å²) in [6.07, 6.45) is 0.712. The molecule has 2 unspecified atom stereocenters. The number of halogens is 1. The van der Waals surface area contributed by atoms with Crippen molar-refractivity contribution in [3.8, 4) is 0 Å². The van der Waals surface area contributed by atoms with Gasteiger partial charge in [-0.15, -0.1) is 0 Å². The van der Waals surface area contributed by atoms with Gasteiger partial charge in [0.15, 0.2) is 0 Å². The van der Waals surface area contributed by atoms with Crippen LogP contribution in [0.15, 0.2) is 24.3 Å². The standard InChI is InChI=1S/C17H25ClN2O3/c1-4-12(21)9-10-19-17(23)15(11(2)3)20-16(22)13-7-5-6-8-14(13)18/h5-8,11-12,15,21H,4,9-10H2,1-3H3,(H,19,23)(H,20,22). The molecule has 5 nitrogen and oxygen atoms in total. The first-order chi connectivity index (χ1) is 10.9. The average molecular weight is 341 g/mol. The zero-order valence-electron chi connectivity index (χ0n) is 13.8. The van der Waals surface area contributed by atoms with Gasteiger partial charge in [-0.3, -0.25) is 9.59 Å². The predicted molar refractivity (Wildman–Crippen MR) is 91.5 cm³/mol. The highest BCUT2D eigenvalue weighted by atomic mass is 35.5. The molecule has 0 radical (unpaired) electrons. The fourth-order valence-electron chi connectivity index (χ4n) is 2.08. The van der Waals surface area contributed by atoms with Gasteiger partial charge in [-0.2, -0.15) is 0 Å². The largest absolute Gasteiger partial charge is 0.393 e. The highest BCUT2D eigenvalue weighted by Crippen LogP contribution is 2.15. The summed E-state index contributed by atoms with van der Waals surface area (Å²) in [6.45, 7) is 5.97. The molecule has 0 bridgehead atoms. The van der Waals surface area contributed by atoms with Crippen LogP contribution in [-0.2, 0) is 4.79 Å². The van der Waals surface area contributed by atoms with Crippen molar-refractivity contribution >= 4 is 23.4 Å². The van der Waals surface area contributed by atoms with Crippen LogP contribution in [0.4, 0.5) is 0 Å². The van der Waals surface area contributed by atoms with Gasteiger partial charge in [-0.05, 0) is 30.9 Å². The molecular weight excluding hydrogens is 316 g/mol. The van der Waals surface area contributed by atoms with E-state index in [0.29, 0.717) is 30.0 Å². The van der Waals surface area contributed by atoms with Crippen molar-refractivity contribution in [2.24, 2.45) is 5.92 Å². The Morgan fingerprint density at radius 3 is 2.48 bits per heavy atom. The number of aliphatic hydroxyl groups is 1. The molecule has 0 aliphatic heterocycles. The zero-order valence-corrected chi connectivity index (χ0v) is 14.6. The molecule has 23 heavy (non-hydrogen) atoms. The highest BCUT2D eigenvalue weighted by Gasteiger charge is 2.25. The third-order valence-corrected chi connectivity index (χ3v) is 3.93. The second kappa shape index (κ2) is 9.53. The van der Waals surface area contributed by atoms with Crippen molar-refractivity contribution in [3.63, 3.8) is 0 Å². The summed E-state index contributed by atoms with van der Waals surface area (Å²) in [4.78, 5) is 24.6. The Morgan fingerprint density at radius 1 is 1.26 bits per heavy atom. The monoisotopic (exact) mass is 340 g/mol. The van der Waals surface area contributed by atoms with E-state index in [0.717, 1.165) is 0 Å². The number of hydrogen-bond donors (Lipinski definition) is 3. The van der Waals surface area contributed by atoms with E-state index < -0.39 is 12.1 Å². The SMILES string of the molecule is CCC(O)CCNC(=O)C(NC(=O)c1ccccc1Cl)C(C)C. The van der Waals surface area contributed by atoms with E-state index in [1.165, 1.54) is 0 Å². The quantitative estimate of drug-likeness (QED) is 0.679. The van der Waals surface area contributed by atoms with Crippen LogP contribution in [0.25, 0.3) is 0 Å². The van der Waals surface area contributed by atoms with Crippen LogP contribution < -0.4 is 10.6 Å². The minimum atomic E-state index is -0.655. The predicted octanol–water partition coefficient (Wildman–Crippen LogP) is 2.37. The van der Waals surface area contributed by atoms with Gasteiger partial charge in [0.2, 0.25) is 5.91 Å². The number of amides is 2. The molecule has 1 aromatic rings. The van der Waals surface area contributed by atoms with Crippen LogP contribution in [0.1, 0.15) is 44.0 Å². The molecule has 0 aromatic heterocycles. The second-order valence-corrected chi connectivity index (χ2v) is 6.22. The highest BCUT2D eigenvalue weighted by molar-refractivity contribution is 6.33. The molecule has 0 saturated heterocycles. The van der Waals surface area contributed by atoms with E-state index in [9.17, 15) is 14.7 Å². The molecule has 2 amide bonds. The number of nitrogens with one attached hydrogen (secondary N) is 2. The van der Waals surface area contributed by atoms with E-state index >= 15 is 0 Å². The maximum Gasteiger partial charge on any atom is 0.253 e. The van der Waals surface area contributed by atoms with Crippen molar-refractivity contribution in [2.75, 3.05) is 6.54 Å². The van der Waals surface area contributed by atoms with Gasteiger partial charge < -0.3 is 15.7 Å². The van der Waals surface area contributed by atoms with Gasteiger partial charge in [0, 0.05) is 6.54 Å². The fourth-order valence-corrected chi connectivity index (χ4v) is 2.30. The molecule has 0 spiro atoms. The van der Waals surface area contributed by atoms with Crippen LogP contribution >= 0.6 is 11.6 Å². The van der Waals surface area contributed by atoms with Gasteiger partial charge in [0.1, 0.15) is 6.04 Å². The number of aliphatic hydroxyl groups excluding tert-OH is 1. The molecular formula is C17H25ClN2O3. The molecule has 1 aromatic carbocycles. The smallest absolute Gasteiger partial charge is 0.253 e. The summed E-state index contributed by atoms with van der Waals surface area (Å²) < 4.78 is 0. The van der Waals surface area contributed by atoms with Crippen LogP contribution in [0.3, 0.4) is 0 Å². The summed E-state index contributed by atoms with van der Waals surface area (Å²) in [6, 6.07) is 6.05. The number of carbonyl (C=O) groups is 2. The first-order valence-electron chi connectivity index (χ1n) is 7.88. The minimum absolute atomic E-state index is 0.0717. The lowest BCUT2D eigenvalue weighted by Gasteiger charge is -2.22. The first kappa shape index (κ1) is 19.5. The lowest BCUT2D eigenvalue weighted by molar-refractivity contribution is -0.124. The van der Waals surface area contributed by atoms with Crippen molar-refractivity contribution < 1.29 is 14.7 Å². The van der Waals surface area contributed by atoms with Gasteiger partial charge in [-0.1, -0.05) is 44.5 Å². The Labute approximate surface area is 142 Å². The Hall–Kier alpha value is -1.59. The maximum atomic E-state index is 12.3. The third kappa shape index (κ3) is 6.20. The van der Waals surface area contributed by atoms with Crippen molar-refractivity contribution in [2.45, 2.75) is 45.8 Å². The molecule has 128 valence electrons. The molecule has 6 heteroatoms. The summed E-state index contributed by atoms with van der Waals surface area (Å²) in [5.74, 6) is -0.709.